The van der Waals surface area contributed by atoms with Crippen LogP contribution in [0, 0.1) is 10.1 Å². The summed E-state index contributed by atoms with van der Waals surface area (Å²) in [7, 11) is 0. The Morgan fingerprint density at radius 1 is 1.15 bits per heavy atom. The van der Waals surface area contributed by atoms with Gasteiger partial charge in [-0.2, -0.15) is 5.10 Å². The zero-order valence-electron chi connectivity index (χ0n) is 13.2. The topological polar surface area (TPSA) is 90.1 Å². The van der Waals surface area contributed by atoms with E-state index in [2.05, 4.69) is 10.4 Å². The van der Waals surface area contributed by atoms with Crippen LogP contribution in [0.4, 0.5) is 11.4 Å². The zero-order valence-corrected chi connectivity index (χ0v) is 14.7. The molecule has 1 N–H and O–H groups in total. The lowest BCUT2D eigenvalue weighted by Gasteiger charge is -2.07. The highest BCUT2D eigenvalue weighted by molar-refractivity contribution is 6.35. The summed E-state index contributed by atoms with van der Waals surface area (Å²) in [5.74, 6) is -0.590. The summed E-state index contributed by atoms with van der Waals surface area (Å²) in [6.07, 6.45) is 3.03. The summed E-state index contributed by atoms with van der Waals surface area (Å²) < 4.78 is 1.56. The number of hydrogen-bond acceptors (Lipinski definition) is 4. The van der Waals surface area contributed by atoms with E-state index in [1.165, 1.54) is 24.4 Å². The number of anilines is 1. The molecule has 3 aromatic rings. The lowest BCUT2D eigenvalue weighted by atomic mass is 10.1. The van der Waals surface area contributed by atoms with Gasteiger partial charge < -0.3 is 5.32 Å². The van der Waals surface area contributed by atoms with Crippen molar-refractivity contribution in [1.82, 2.24) is 9.78 Å². The molecule has 0 aliphatic carbocycles. The maximum atomic E-state index is 12.3. The summed E-state index contributed by atoms with van der Waals surface area (Å²) in [5, 5.41) is 18.8. The molecule has 0 radical (unpaired) electrons. The summed E-state index contributed by atoms with van der Waals surface area (Å²) in [6, 6.07) is 10.9. The SMILES string of the molecule is O=C(Nc1cnn(Cc2c(Cl)cccc2Cl)c1)c1ccccc1[N+](=O)[O-]. The predicted molar refractivity (Wildman–Crippen MR) is 98.8 cm³/mol. The van der Waals surface area contributed by atoms with Crippen LogP contribution in [0.2, 0.25) is 10.0 Å². The molecule has 0 saturated carbocycles. The minimum absolute atomic E-state index is 0.0283. The molecule has 0 aliphatic heterocycles. The molecule has 1 aromatic heterocycles. The van der Waals surface area contributed by atoms with E-state index < -0.39 is 10.8 Å². The third-order valence-corrected chi connectivity index (χ3v) is 4.33. The van der Waals surface area contributed by atoms with Crippen LogP contribution < -0.4 is 5.32 Å². The van der Waals surface area contributed by atoms with Gasteiger partial charge in [0.1, 0.15) is 5.56 Å². The standard InChI is InChI=1S/C17H12Cl2N4O3/c18-14-5-3-6-15(19)13(14)10-22-9-11(8-20-22)21-17(24)12-4-1-2-7-16(12)23(25)26/h1-9H,10H2,(H,21,24). The molecule has 2 aromatic carbocycles. The zero-order chi connectivity index (χ0) is 18.7. The van der Waals surface area contributed by atoms with E-state index in [1.54, 1.807) is 35.1 Å². The smallest absolute Gasteiger partial charge is 0.282 e. The molecule has 3 rings (SSSR count). The Labute approximate surface area is 158 Å². The molecule has 7 nitrogen and oxygen atoms in total. The van der Waals surface area contributed by atoms with Crippen molar-refractivity contribution >= 4 is 40.5 Å². The maximum Gasteiger partial charge on any atom is 0.282 e. The van der Waals surface area contributed by atoms with E-state index in [1.807, 2.05) is 0 Å². The summed E-state index contributed by atoms with van der Waals surface area (Å²) in [4.78, 5) is 22.8. The van der Waals surface area contributed by atoms with Gasteiger partial charge in [0.05, 0.1) is 23.4 Å². The monoisotopic (exact) mass is 390 g/mol. The van der Waals surface area contributed by atoms with Crippen LogP contribution in [0.15, 0.2) is 54.9 Å². The summed E-state index contributed by atoms with van der Waals surface area (Å²) in [5.41, 5.74) is 0.812. The third kappa shape index (κ3) is 3.84. The quantitative estimate of drug-likeness (QED) is 0.516. The Balaban J connectivity index is 1.77. The van der Waals surface area contributed by atoms with Crippen LogP contribution in [-0.2, 0) is 6.54 Å². The number of carbonyl (C=O) groups is 1. The number of aromatic nitrogens is 2. The van der Waals surface area contributed by atoms with E-state index in [9.17, 15) is 14.9 Å². The van der Waals surface area contributed by atoms with Crippen molar-refractivity contribution in [3.8, 4) is 0 Å². The predicted octanol–water partition coefficient (Wildman–Crippen LogP) is 4.40. The van der Waals surface area contributed by atoms with Crippen molar-refractivity contribution in [2.75, 3.05) is 5.32 Å². The van der Waals surface area contributed by atoms with E-state index in [-0.39, 0.29) is 11.3 Å². The molecule has 132 valence electrons. The van der Waals surface area contributed by atoms with Gasteiger partial charge in [0, 0.05) is 27.9 Å². The molecular formula is C17H12Cl2N4O3. The van der Waals surface area contributed by atoms with Crippen LogP contribution in [-0.4, -0.2) is 20.6 Å². The molecule has 1 amide bonds. The van der Waals surface area contributed by atoms with E-state index >= 15 is 0 Å². The van der Waals surface area contributed by atoms with Crippen LogP contribution in [0.1, 0.15) is 15.9 Å². The number of nitrogens with zero attached hydrogens (tertiary/aromatic N) is 3. The molecule has 0 atom stereocenters. The first-order valence-electron chi connectivity index (χ1n) is 7.46. The minimum atomic E-state index is -0.599. The number of nitrogens with one attached hydrogen (secondary N) is 1. The number of benzene rings is 2. The Morgan fingerprint density at radius 3 is 2.54 bits per heavy atom. The molecule has 1 heterocycles. The molecule has 0 unspecified atom stereocenters. The number of hydrogen-bond donors (Lipinski definition) is 1. The Bertz CT molecular complexity index is 967. The number of carbonyl (C=O) groups excluding carboxylic acids is 1. The first-order valence-corrected chi connectivity index (χ1v) is 8.21. The highest BCUT2D eigenvalue weighted by Gasteiger charge is 2.19. The van der Waals surface area contributed by atoms with Crippen LogP contribution in [0.3, 0.4) is 0 Å². The highest BCUT2D eigenvalue weighted by atomic mass is 35.5. The second kappa shape index (κ2) is 7.55. The molecule has 0 aliphatic rings. The first-order chi connectivity index (χ1) is 12.5. The van der Waals surface area contributed by atoms with Gasteiger partial charge in [-0.25, -0.2) is 0 Å². The van der Waals surface area contributed by atoms with Crippen molar-refractivity contribution < 1.29 is 9.72 Å². The van der Waals surface area contributed by atoms with Gasteiger partial charge in [-0.15, -0.1) is 0 Å². The van der Waals surface area contributed by atoms with Gasteiger partial charge in [0.15, 0.2) is 0 Å². The van der Waals surface area contributed by atoms with Gasteiger partial charge in [-0.1, -0.05) is 41.4 Å². The molecular weight excluding hydrogens is 379 g/mol. The first kappa shape index (κ1) is 17.9. The van der Waals surface area contributed by atoms with Gasteiger partial charge in [0.25, 0.3) is 11.6 Å². The second-order valence-corrected chi connectivity index (χ2v) is 6.17. The molecule has 0 fully saturated rings. The van der Waals surface area contributed by atoms with Crippen molar-refractivity contribution in [1.29, 1.82) is 0 Å². The van der Waals surface area contributed by atoms with Crippen LogP contribution >= 0.6 is 23.2 Å². The van der Waals surface area contributed by atoms with Crippen LogP contribution in [0.5, 0.6) is 0 Å². The second-order valence-electron chi connectivity index (χ2n) is 5.36. The van der Waals surface area contributed by atoms with Gasteiger partial charge in [0.2, 0.25) is 0 Å². The molecule has 9 heteroatoms. The van der Waals surface area contributed by atoms with E-state index in [0.29, 0.717) is 27.8 Å². The number of rotatable bonds is 5. The third-order valence-electron chi connectivity index (χ3n) is 3.62. The fraction of sp³-hybridized carbons (Fsp3) is 0.0588. The normalized spacial score (nSPS) is 10.5. The summed E-state index contributed by atoms with van der Waals surface area (Å²) >= 11 is 12.3. The molecule has 0 spiro atoms. The Hall–Kier alpha value is -2.90. The van der Waals surface area contributed by atoms with Crippen molar-refractivity contribution in [2.24, 2.45) is 0 Å². The molecule has 26 heavy (non-hydrogen) atoms. The van der Waals surface area contributed by atoms with Crippen LogP contribution in [0.25, 0.3) is 0 Å². The van der Waals surface area contributed by atoms with Crippen molar-refractivity contribution in [3.05, 3.63) is 86.1 Å². The lowest BCUT2D eigenvalue weighted by Crippen LogP contribution is -2.13. The number of amides is 1. The average Bonchev–Trinajstić information content (AvgIpc) is 3.05. The van der Waals surface area contributed by atoms with Gasteiger partial charge >= 0.3 is 0 Å². The lowest BCUT2D eigenvalue weighted by molar-refractivity contribution is -0.385. The Morgan fingerprint density at radius 2 is 1.85 bits per heavy atom. The molecule has 0 saturated heterocycles. The number of nitro benzene ring substituents is 1. The average molecular weight is 391 g/mol. The highest BCUT2D eigenvalue weighted by Crippen LogP contribution is 2.25. The molecule has 0 bridgehead atoms. The number of nitro groups is 1. The maximum absolute atomic E-state index is 12.3. The fourth-order valence-electron chi connectivity index (χ4n) is 2.38. The largest absolute Gasteiger partial charge is 0.319 e. The van der Waals surface area contributed by atoms with Gasteiger partial charge in [-0.05, 0) is 18.2 Å². The minimum Gasteiger partial charge on any atom is -0.319 e. The fourth-order valence-corrected chi connectivity index (χ4v) is 2.90. The van der Waals surface area contributed by atoms with Crippen molar-refractivity contribution in [3.63, 3.8) is 0 Å². The van der Waals surface area contributed by atoms with E-state index in [4.69, 9.17) is 23.2 Å². The summed E-state index contributed by atoms with van der Waals surface area (Å²) in [6.45, 7) is 0.319. The van der Waals surface area contributed by atoms with E-state index in [0.717, 1.165) is 0 Å². The number of para-hydroxylation sites is 1. The Kier molecular flexibility index (Phi) is 5.20. The van der Waals surface area contributed by atoms with Crippen molar-refractivity contribution in [2.45, 2.75) is 6.54 Å². The number of halogens is 2. The van der Waals surface area contributed by atoms with Gasteiger partial charge in [-0.3, -0.25) is 19.6 Å².